The van der Waals surface area contributed by atoms with Crippen LogP contribution in [-0.4, -0.2) is 63.6 Å². The van der Waals surface area contributed by atoms with Gasteiger partial charge in [-0.3, -0.25) is 0 Å². The second-order valence-corrected chi connectivity index (χ2v) is 4.25. The van der Waals surface area contributed by atoms with Crippen LogP contribution in [0, 0.1) is 0 Å². The highest BCUT2D eigenvalue weighted by Crippen LogP contribution is 2.17. The lowest BCUT2D eigenvalue weighted by Gasteiger charge is -2.28. The van der Waals surface area contributed by atoms with Gasteiger partial charge in [-0.15, -0.1) is 0 Å². The van der Waals surface area contributed by atoms with Crippen molar-refractivity contribution in [2.45, 2.75) is 0 Å². The normalized spacial score (nSPS) is 15.8. The summed E-state index contributed by atoms with van der Waals surface area (Å²) in [5.74, 6) is 1.89. The zero-order valence-corrected chi connectivity index (χ0v) is 11.0. The number of likely N-dealkylation sites (N-methyl/N-ethyl adjacent to an activating group) is 1. The van der Waals surface area contributed by atoms with Crippen molar-refractivity contribution in [3.05, 3.63) is 12.4 Å². The number of hydrogen-bond donors (Lipinski definition) is 0. The van der Waals surface area contributed by atoms with E-state index in [0.717, 1.165) is 44.5 Å². The Labute approximate surface area is 108 Å². The number of aromatic nitrogens is 2. The minimum atomic E-state index is 0.688. The van der Waals surface area contributed by atoms with E-state index >= 15 is 0 Å². The number of rotatable bonds is 5. The molecule has 1 fully saturated rings. The Morgan fingerprint density at radius 1 is 1.39 bits per heavy atom. The van der Waals surface area contributed by atoms with Crippen LogP contribution in [0.5, 0.6) is 0 Å². The van der Waals surface area contributed by atoms with Crippen LogP contribution in [0.1, 0.15) is 0 Å². The zero-order chi connectivity index (χ0) is 12.8. The largest absolute Gasteiger partial charge is 0.383 e. The molecular weight excluding hydrogens is 232 g/mol. The number of methoxy groups -OCH3 is 1. The standard InChI is InChI=1S/C12H20N4O2/c1-15(3-6-17-2)11-9-12(14-10-13-11)16-4-7-18-8-5-16/h9-10H,3-8H2,1-2H3. The Kier molecular flexibility index (Phi) is 4.72. The van der Waals surface area contributed by atoms with Crippen molar-refractivity contribution in [1.29, 1.82) is 0 Å². The zero-order valence-electron chi connectivity index (χ0n) is 11.0. The average Bonchev–Trinajstić information content (AvgIpc) is 2.46. The molecule has 2 heterocycles. The van der Waals surface area contributed by atoms with Crippen LogP contribution >= 0.6 is 0 Å². The van der Waals surface area contributed by atoms with E-state index in [2.05, 4.69) is 19.8 Å². The third-order valence-electron chi connectivity index (χ3n) is 3.00. The van der Waals surface area contributed by atoms with E-state index in [9.17, 15) is 0 Å². The highest BCUT2D eigenvalue weighted by Gasteiger charge is 2.13. The van der Waals surface area contributed by atoms with Gasteiger partial charge in [-0.25, -0.2) is 9.97 Å². The lowest BCUT2D eigenvalue weighted by molar-refractivity contribution is 0.122. The lowest BCUT2D eigenvalue weighted by atomic mass is 10.4. The molecule has 0 aliphatic carbocycles. The van der Waals surface area contributed by atoms with Crippen LogP contribution in [0.15, 0.2) is 12.4 Å². The molecule has 2 rings (SSSR count). The van der Waals surface area contributed by atoms with Gasteiger partial charge in [-0.05, 0) is 0 Å². The molecule has 6 nitrogen and oxygen atoms in total. The molecule has 0 N–H and O–H groups in total. The summed E-state index contributed by atoms with van der Waals surface area (Å²) in [5, 5.41) is 0. The Balaban J connectivity index is 2.04. The molecule has 0 atom stereocenters. The van der Waals surface area contributed by atoms with Crippen LogP contribution in [-0.2, 0) is 9.47 Å². The van der Waals surface area contributed by atoms with Gasteiger partial charge in [-0.1, -0.05) is 0 Å². The number of hydrogen-bond acceptors (Lipinski definition) is 6. The molecule has 6 heteroatoms. The molecule has 0 unspecified atom stereocenters. The summed E-state index contributed by atoms with van der Waals surface area (Å²) in [4.78, 5) is 12.9. The van der Waals surface area contributed by atoms with Gasteiger partial charge in [0.25, 0.3) is 0 Å². The van der Waals surface area contributed by atoms with Crippen molar-refractivity contribution >= 4 is 11.6 Å². The summed E-state index contributed by atoms with van der Waals surface area (Å²) in [5.41, 5.74) is 0. The quantitative estimate of drug-likeness (QED) is 0.756. The van der Waals surface area contributed by atoms with Gasteiger partial charge < -0.3 is 19.3 Å². The minimum Gasteiger partial charge on any atom is -0.383 e. The summed E-state index contributed by atoms with van der Waals surface area (Å²) >= 11 is 0. The van der Waals surface area contributed by atoms with Crippen LogP contribution < -0.4 is 9.80 Å². The predicted molar refractivity (Wildman–Crippen MR) is 70.2 cm³/mol. The summed E-state index contributed by atoms with van der Waals surface area (Å²) in [6, 6.07) is 2.01. The van der Waals surface area contributed by atoms with E-state index in [1.165, 1.54) is 0 Å². The molecule has 1 saturated heterocycles. The van der Waals surface area contributed by atoms with Crippen molar-refractivity contribution in [2.24, 2.45) is 0 Å². The Hall–Kier alpha value is -1.40. The maximum atomic E-state index is 5.34. The smallest absolute Gasteiger partial charge is 0.134 e. The second kappa shape index (κ2) is 6.51. The van der Waals surface area contributed by atoms with Gasteiger partial charge in [0, 0.05) is 39.9 Å². The van der Waals surface area contributed by atoms with E-state index in [0.29, 0.717) is 6.61 Å². The van der Waals surface area contributed by atoms with Crippen molar-refractivity contribution in [1.82, 2.24) is 9.97 Å². The molecule has 0 spiro atoms. The Morgan fingerprint density at radius 3 is 2.89 bits per heavy atom. The summed E-state index contributed by atoms with van der Waals surface area (Å²) in [7, 11) is 3.71. The maximum Gasteiger partial charge on any atom is 0.134 e. The first-order chi connectivity index (χ1) is 8.81. The van der Waals surface area contributed by atoms with Gasteiger partial charge in [0.15, 0.2) is 0 Å². The minimum absolute atomic E-state index is 0.688. The molecular formula is C12H20N4O2. The van der Waals surface area contributed by atoms with Crippen molar-refractivity contribution in [3.8, 4) is 0 Å². The monoisotopic (exact) mass is 252 g/mol. The van der Waals surface area contributed by atoms with Gasteiger partial charge in [0.05, 0.1) is 19.8 Å². The van der Waals surface area contributed by atoms with E-state index in [4.69, 9.17) is 9.47 Å². The van der Waals surface area contributed by atoms with Crippen molar-refractivity contribution in [2.75, 3.05) is 63.4 Å². The number of morpholine rings is 1. The number of ether oxygens (including phenoxy) is 2. The fourth-order valence-electron chi connectivity index (χ4n) is 1.85. The third-order valence-corrected chi connectivity index (χ3v) is 3.00. The topological polar surface area (TPSA) is 50.7 Å². The maximum absolute atomic E-state index is 5.34. The average molecular weight is 252 g/mol. The second-order valence-electron chi connectivity index (χ2n) is 4.25. The van der Waals surface area contributed by atoms with E-state index in [-0.39, 0.29) is 0 Å². The molecule has 1 aromatic rings. The molecule has 1 aliphatic rings. The van der Waals surface area contributed by atoms with Crippen molar-refractivity contribution in [3.63, 3.8) is 0 Å². The molecule has 18 heavy (non-hydrogen) atoms. The van der Waals surface area contributed by atoms with Crippen molar-refractivity contribution < 1.29 is 9.47 Å². The van der Waals surface area contributed by atoms with Gasteiger partial charge >= 0.3 is 0 Å². The first-order valence-electron chi connectivity index (χ1n) is 6.16. The van der Waals surface area contributed by atoms with Crippen LogP contribution in [0.4, 0.5) is 11.6 Å². The molecule has 0 saturated carbocycles. The molecule has 1 aliphatic heterocycles. The Morgan fingerprint density at radius 2 is 2.17 bits per heavy atom. The lowest BCUT2D eigenvalue weighted by Crippen LogP contribution is -2.37. The molecule has 0 bridgehead atoms. The molecule has 100 valence electrons. The third kappa shape index (κ3) is 3.30. The van der Waals surface area contributed by atoms with Crippen LogP contribution in [0.25, 0.3) is 0 Å². The summed E-state index contributed by atoms with van der Waals surface area (Å²) in [6.07, 6.45) is 1.61. The van der Waals surface area contributed by atoms with E-state index < -0.39 is 0 Å². The molecule has 0 radical (unpaired) electrons. The summed E-state index contributed by atoms with van der Waals surface area (Å²) in [6.45, 7) is 4.80. The fourth-order valence-corrected chi connectivity index (χ4v) is 1.85. The SMILES string of the molecule is COCCN(C)c1cc(N2CCOCC2)ncn1. The van der Waals surface area contributed by atoms with Gasteiger partial charge in [0.2, 0.25) is 0 Å². The predicted octanol–water partition coefficient (Wildman–Crippen LogP) is 0.396. The fraction of sp³-hybridized carbons (Fsp3) is 0.667. The highest BCUT2D eigenvalue weighted by molar-refractivity contribution is 5.49. The number of anilines is 2. The first-order valence-corrected chi connectivity index (χ1v) is 6.16. The molecule has 0 amide bonds. The van der Waals surface area contributed by atoms with Gasteiger partial charge in [-0.2, -0.15) is 0 Å². The highest BCUT2D eigenvalue weighted by atomic mass is 16.5. The van der Waals surface area contributed by atoms with E-state index in [1.807, 2.05) is 13.1 Å². The Bertz CT molecular complexity index is 369. The summed E-state index contributed by atoms with van der Waals surface area (Å²) < 4.78 is 10.4. The molecule has 1 aromatic heterocycles. The van der Waals surface area contributed by atoms with Gasteiger partial charge in [0.1, 0.15) is 18.0 Å². The number of nitrogens with zero attached hydrogens (tertiary/aromatic N) is 4. The first kappa shape index (κ1) is 13.0. The van der Waals surface area contributed by atoms with Crippen LogP contribution in [0.3, 0.4) is 0 Å². The molecule has 0 aromatic carbocycles. The van der Waals surface area contributed by atoms with E-state index in [1.54, 1.807) is 13.4 Å². The van der Waals surface area contributed by atoms with Crippen LogP contribution in [0.2, 0.25) is 0 Å².